The molecule has 0 aliphatic heterocycles. The average Bonchev–Trinajstić information content (AvgIpc) is 0.747. The van der Waals surface area contributed by atoms with Crippen LogP contribution in [0.4, 0.5) is 0 Å². The summed E-state index contributed by atoms with van der Waals surface area (Å²) in [6.45, 7) is 10.1. The van der Waals surface area contributed by atoms with E-state index in [4.69, 9.17) is 12.3 Å². The largest absolute Gasteiger partial charge is 0.213 e. The highest BCUT2D eigenvalue weighted by Crippen LogP contribution is 2.50. The molecule has 0 amide bonds. The Morgan fingerprint density at radius 3 is 1.06 bits per heavy atom. The molecule has 13 aromatic rings. The van der Waals surface area contributed by atoms with Gasteiger partial charge in [0, 0.05) is 82.1 Å². The molecular weight excluding hydrogens is 1350 g/mol. The molecule has 4 aromatic heterocycles. The van der Waals surface area contributed by atoms with Gasteiger partial charge in [-0.2, -0.15) is 0 Å². The summed E-state index contributed by atoms with van der Waals surface area (Å²) in [5, 5.41) is 0. The Kier molecular flexibility index (Phi) is 21.9. The molecule has 4 nitrogen and oxygen atoms in total. The summed E-state index contributed by atoms with van der Waals surface area (Å²) >= 11 is 0. The van der Waals surface area contributed by atoms with Gasteiger partial charge >= 0.3 is 0 Å². The molecule has 0 bridgehead atoms. The molecule has 3 saturated carbocycles. The van der Waals surface area contributed by atoms with E-state index >= 15 is 0 Å². The zero-order valence-electron chi connectivity index (χ0n) is 77.5. The minimum absolute atomic E-state index is 0.196. The van der Waals surface area contributed by atoms with Gasteiger partial charge in [-0.1, -0.05) is 221 Å². The molecule has 16 rings (SSSR count). The maximum atomic E-state index is 8.07. The van der Waals surface area contributed by atoms with Crippen LogP contribution >= 0.6 is 0 Å². The first kappa shape index (κ1) is 68.4. The summed E-state index contributed by atoms with van der Waals surface area (Å²) in [6.07, 6.45) is 29.0. The van der Waals surface area contributed by atoms with Gasteiger partial charge in [-0.05, 0) is 292 Å². The van der Waals surface area contributed by atoms with Crippen LogP contribution in [0, 0.1) is 84.8 Å². The zero-order chi connectivity index (χ0) is 86.1. The SMILES string of the molecule is Cc1ccccc1-c1cc(-c2ccc(CC3CCC(C)(C)CC3)cc2)cc[n+]1C.Cc1ccccc1-c1cc(-c2ccc(CC3CCC4(CCCCC4)CC3)cc2)cc[n+]1C.[2H]C([2H])([2H])c1c[n+](C)c(-c2ccccc2C)cc1-c1cc(C)c(C)c(C([2H])([2H])[2H])c1.[2H]C([2H])([2H])c1c[n+](C)c(-c2ccccc2C)cc1-c1ccc(-c2ccccc2)cc1. The molecule has 0 N–H and O–H groups in total. The van der Waals surface area contributed by atoms with Crippen LogP contribution < -0.4 is 18.3 Å². The number of hydrogen-bond donors (Lipinski definition) is 0. The highest BCUT2D eigenvalue weighted by molar-refractivity contribution is 5.77. The minimum Gasteiger partial charge on any atom is -0.201 e. The molecule has 3 fully saturated rings. The normalized spacial score (nSPS) is 16.6. The summed E-state index contributed by atoms with van der Waals surface area (Å²) in [5.41, 5.74) is 30.8. The molecule has 4 heteroatoms. The van der Waals surface area contributed by atoms with E-state index in [0.717, 1.165) is 78.7 Å². The second-order valence-corrected chi connectivity index (χ2v) is 33.6. The first-order valence-electron chi connectivity index (χ1n) is 45.5. The molecular formula is C108H122N4+4. The van der Waals surface area contributed by atoms with Crippen molar-refractivity contribution in [3.05, 3.63) is 335 Å². The number of nitrogens with zero attached hydrogens (tertiary/aromatic N) is 4. The molecule has 3 aliphatic rings. The fourth-order valence-electron chi connectivity index (χ4n) is 17.6. The lowest BCUT2D eigenvalue weighted by Crippen LogP contribution is -2.31. The molecule has 112 heavy (non-hydrogen) atoms. The maximum Gasteiger partial charge on any atom is 0.213 e. The number of aryl methyl sites for hydroxylation is 12. The quantitative estimate of drug-likeness (QED) is 0.102. The van der Waals surface area contributed by atoms with Crippen molar-refractivity contribution < 1.29 is 30.6 Å². The second kappa shape index (κ2) is 35.9. The van der Waals surface area contributed by atoms with Crippen LogP contribution in [0.15, 0.2) is 274 Å². The van der Waals surface area contributed by atoms with Crippen LogP contribution in [-0.4, -0.2) is 0 Å². The van der Waals surface area contributed by atoms with Gasteiger partial charge in [-0.3, -0.25) is 0 Å². The highest BCUT2D eigenvalue weighted by atomic mass is 14.9. The first-order valence-corrected chi connectivity index (χ1v) is 41.0. The van der Waals surface area contributed by atoms with Crippen LogP contribution in [-0.2, 0) is 41.0 Å². The summed E-state index contributed by atoms with van der Waals surface area (Å²) in [6, 6.07) is 86.8. The molecule has 1 spiro atoms. The molecule has 0 saturated heterocycles. The Balaban J connectivity index is 0.000000139. The molecule has 570 valence electrons. The van der Waals surface area contributed by atoms with Crippen LogP contribution in [0.1, 0.15) is 171 Å². The van der Waals surface area contributed by atoms with Gasteiger partial charge in [0.1, 0.15) is 28.2 Å². The predicted molar refractivity (Wildman–Crippen MR) is 473 cm³/mol. The fourth-order valence-corrected chi connectivity index (χ4v) is 17.6. The molecule has 0 unspecified atom stereocenters. The first-order chi connectivity index (χ1) is 57.7. The Bertz CT molecular complexity index is 5730. The second-order valence-electron chi connectivity index (χ2n) is 33.6. The average molecular weight is 1490 g/mol. The Morgan fingerprint density at radius 2 is 0.643 bits per heavy atom. The van der Waals surface area contributed by atoms with Crippen molar-refractivity contribution >= 4 is 0 Å². The standard InChI is InChI=1S/C31H38N.C28H34N.C26H24N.C23H26N/c1-24-8-4-5-9-29(24)30-23-28(16-21-32(30)2)27-12-10-25(11-13-27)22-26-14-19-31(20-15-26)17-6-3-7-18-31;1-21-7-5-6-8-26(21)27-20-25(15-18-29(27)4)24-11-9-22(10-12-24)19-23-13-16-28(2,3)17-14-23;1-19-9-7-8-12-24(19)26-17-25(20(2)18-27(26)3)23-15-13-22(14-16-23)21-10-5-4-6-11-21;1-15-9-7-8-10-21(15)23-13-22(18(4)14-24(23)6)20-11-16(2)19(5)17(3)12-20/h4-5,8-13,16,21,23,26H,3,6-7,14-15,17-20,22H2,1-2H3;5-12,15,18,20,23H,13-14,16-17,19H2,1-4H3;4-18H,1-3H3;7-14H,1-6H3/q4*+1/i;;2D3;2D3,4D3. The molecule has 3 aliphatic carbocycles. The van der Waals surface area contributed by atoms with Gasteiger partial charge in [-0.25, -0.2) is 18.3 Å². The number of rotatable bonds is 13. The summed E-state index contributed by atoms with van der Waals surface area (Å²) in [5.74, 6) is 1.74. The van der Waals surface area contributed by atoms with Gasteiger partial charge < -0.3 is 0 Å². The lowest BCUT2D eigenvalue weighted by molar-refractivity contribution is -0.660. The van der Waals surface area contributed by atoms with Gasteiger partial charge in [-0.15, -0.1) is 0 Å². The third kappa shape index (κ3) is 19.4. The monoisotopic (exact) mass is 1480 g/mol. The van der Waals surface area contributed by atoms with Crippen molar-refractivity contribution in [3.63, 3.8) is 0 Å². The number of aromatic nitrogens is 4. The van der Waals surface area contributed by atoms with E-state index in [1.54, 1.807) is 25.4 Å². The van der Waals surface area contributed by atoms with E-state index < -0.39 is 20.6 Å². The summed E-state index contributed by atoms with van der Waals surface area (Å²) in [7, 11) is 7.99. The zero-order valence-corrected chi connectivity index (χ0v) is 68.5. The highest BCUT2D eigenvalue weighted by Gasteiger charge is 2.36. The third-order valence-electron chi connectivity index (χ3n) is 25.0. The van der Waals surface area contributed by atoms with Crippen molar-refractivity contribution in [3.8, 4) is 101 Å². The van der Waals surface area contributed by atoms with Crippen LogP contribution in [0.5, 0.6) is 0 Å². The lowest BCUT2D eigenvalue weighted by atomic mass is 9.63. The number of pyridine rings is 4. The summed E-state index contributed by atoms with van der Waals surface area (Å²) in [4.78, 5) is 0. The van der Waals surface area contributed by atoms with Crippen LogP contribution in [0.2, 0.25) is 0 Å². The van der Waals surface area contributed by atoms with Crippen molar-refractivity contribution in [2.24, 2.45) is 50.9 Å². The molecule has 9 aromatic carbocycles. The van der Waals surface area contributed by atoms with E-state index in [9.17, 15) is 0 Å². The van der Waals surface area contributed by atoms with Crippen LogP contribution in [0.3, 0.4) is 0 Å². The van der Waals surface area contributed by atoms with E-state index in [-0.39, 0.29) is 11.1 Å². The van der Waals surface area contributed by atoms with E-state index in [2.05, 4.69) is 228 Å². The summed E-state index contributed by atoms with van der Waals surface area (Å²) < 4.78 is 80.3. The Labute approximate surface area is 685 Å². The van der Waals surface area contributed by atoms with Crippen molar-refractivity contribution in [2.45, 2.75) is 172 Å². The fraction of sp³-hybridized carbons (Fsp3) is 0.315. The van der Waals surface area contributed by atoms with Crippen molar-refractivity contribution in [1.82, 2.24) is 0 Å². The lowest BCUT2D eigenvalue weighted by Gasteiger charge is -2.43. The maximum absolute atomic E-state index is 8.07. The van der Waals surface area contributed by atoms with E-state index in [1.165, 1.54) is 163 Å². The smallest absolute Gasteiger partial charge is 0.201 e. The van der Waals surface area contributed by atoms with Gasteiger partial charge in [0.05, 0.1) is 0 Å². The van der Waals surface area contributed by atoms with E-state index in [1.807, 2.05) is 122 Å². The minimum atomic E-state index is -2.34. The van der Waals surface area contributed by atoms with Crippen molar-refractivity contribution in [2.75, 3.05) is 0 Å². The predicted octanol–water partition coefficient (Wildman–Crippen LogP) is 26.3. The third-order valence-corrected chi connectivity index (χ3v) is 25.0. The van der Waals surface area contributed by atoms with Crippen LogP contribution in [0.25, 0.3) is 101 Å². The Hall–Kier alpha value is -10.4. The molecule has 0 atom stereocenters. The topological polar surface area (TPSA) is 15.5 Å². The van der Waals surface area contributed by atoms with Gasteiger partial charge in [0.2, 0.25) is 22.8 Å². The number of benzene rings is 9. The van der Waals surface area contributed by atoms with Gasteiger partial charge in [0.15, 0.2) is 24.8 Å². The Morgan fingerprint density at radius 1 is 0.295 bits per heavy atom. The van der Waals surface area contributed by atoms with Gasteiger partial charge in [0.25, 0.3) is 0 Å². The number of hydrogen-bond acceptors (Lipinski definition) is 0. The van der Waals surface area contributed by atoms with Crippen molar-refractivity contribution in [1.29, 1.82) is 0 Å². The van der Waals surface area contributed by atoms with E-state index in [0.29, 0.717) is 27.7 Å². The molecule has 0 radical (unpaired) electrons. The molecule has 4 heterocycles.